The van der Waals surface area contributed by atoms with Crippen molar-refractivity contribution in [1.82, 2.24) is 19.9 Å². The molecule has 2 aromatic heterocycles. The van der Waals surface area contributed by atoms with Crippen LogP contribution in [0, 0.1) is 0 Å². The van der Waals surface area contributed by atoms with Crippen molar-refractivity contribution >= 4 is 10.9 Å². The molecule has 302 valence electrons. The second-order valence-electron chi connectivity index (χ2n) is 16.9. The van der Waals surface area contributed by atoms with Crippen LogP contribution in [0.1, 0.15) is 22.3 Å². The molecule has 0 unspecified atom stereocenters. The molecule has 0 aliphatic heterocycles. The summed E-state index contributed by atoms with van der Waals surface area (Å²) in [4.78, 5) is 21.0. The molecular formula is C61H38N4. The first kappa shape index (κ1) is 37.0. The zero-order valence-corrected chi connectivity index (χ0v) is 35.2. The van der Waals surface area contributed by atoms with Crippen molar-refractivity contribution in [2.45, 2.75) is 5.41 Å². The normalized spacial score (nSPS) is 12.7. The van der Waals surface area contributed by atoms with Gasteiger partial charge in [-0.15, -0.1) is 0 Å². The van der Waals surface area contributed by atoms with E-state index in [4.69, 9.17) is 19.9 Å². The van der Waals surface area contributed by atoms with Crippen molar-refractivity contribution in [3.8, 4) is 89.9 Å². The Morgan fingerprint density at radius 2 is 0.677 bits per heavy atom. The van der Waals surface area contributed by atoms with E-state index < -0.39 is 5.41 Å². The highest BCUT2D eigenvalue weighted by molar-refractivity contribution is 6.04. The Morgan fingerprint density at radius 3 is 1.26 bits per heavy atom. The lowest BCUT2D eigenvalue weighted by Crippen LogP contribution is -2.25. The van der Waals surface area contributed by atoms with Gasteiger partial charge in [-0.05, 0) is 97.1 Å². The SMILES string of the molecule is c1ccc(-c2cccc(-c3nc(-c4ccccc4)nc(-c4cccc(-c5cc(-c6ccccc6)c6cc7c(cc6n5)C5(c6ccccc6-c6ccccc65)c5ccccc5-7)c4)n3)c2)cc1. The van der Waals surface area contributed by atoms with Crippen molar-refractivity contribution in [2.75, 3.05) is 0 Å². The largest absolute Gasteiger partial charge is 0.248 e. The average molecular weight is 827 g/mol. The van der Waals surface area contributed by atoms with E-state index in [9.17, 15) is 0 Å². The number of nitrogens with zero attached hydrogens (tertiary/aromatic N) is 4. The summed E-state index contributed by atoms with van der Waals surface area (Å²) in [7, 11) is 0. The minimum absolute atomic E-state index is 0.467. The van der Waals surface area contributed by atoms with Crippen LogP contribution in [0.2, 0.25) is 0 Å². The van der Waals surface area contributed by atoms with E-state index in [2.05, 4.69) is 194 Å². The van der Waals surface area contributed by atoms with Gasteiger partial charge in [-0.25, -0.2) is 19.9 Å². The first-order valence-electron chi connectivity index (χ1n) is 22.1. The number of hydrogen-bond acceptors (Lipinski definition) is 4. The summed E-state index contributed by atoms with van der Waals surface area (Å²) in [5.74, 6) is 1.84. The van der Waals surface area contributed by atoms with Gasteiger partial charge in [0.25, 0.3) is 0 Å². The third kappa shape index (κ3) is 5.85. The molecule has 65 heavy (non-hydrogen) atoms. The predicted octanol–water partition coefficient (Wildman–Crippen LogP) is 14.8. The molecular weight excluding hydrogens is 789 g/mol. The Morgan fingerprint density at radius 1 is 0.246 bits per heavy atom. The van der Waals surface area contributed by atoms with Crippen LogP contribution in [0.5, 0.6) is 0 Å². The summed E-state index contributed by atoms with van der Waals surface area (Å²) in [6.07, 6.45) is 0. The van der Waals surface area contributed by atoms with Crippen LogP contribution < -0.4 is 0 Å². The minimum atomic E-state index is -0.467. The maximum Gasteiger partial charge on any atom is 0.164 e. The van der Waals surface area contributed by atoms with Gasteiger partial charge in [-0.2, -0.15) is 0 Å². The molecule has 0 saturated heterocycles. The number of fused-ring (bicyclic) bond motifs is 11. The monoisotopic (exact) mass is 826 g/mol. The summed E-state index contributed by atoms with van der Waals surface area (Å²) < 4.78 is 0. The number of rotatable bonds is 6. The standard InChI is InChI=1S/C61H38N4/c1-4-18-39(19-5-1)42-24-16-26-44(34-42)59-63-58(41-22-8-3-9-23-41)64-60(65-59)45-27-17-25-43(35-45)56-37-49(40-20-6-2-7-21-40)51-36-50-48-30-12-15-33-54(48)61(55(50)38-57(51)62-56)52-31-13-10-28-46(52)47-29-11-14-32-53(47)61/h1-38H. The Bertz CT molecular complexity index is 3610. The molecule has 4 nitrogen and oxygen atoms in total. The van der Waals surface area contributed by atoms with Gasteiger partial charge < -0.3 is 0 Å². The van der Waals surface area contributed by atoms with Gasteiger partial charge in [0, 0.05) is 27.6 Å². The predicted molar refractivity (Wildman–Crippen MR) is 264 cm³/mol. The summed E-state index contributed by atoms with van der Waals surface area (Å²) in [5.41, 5.74) is 19.9. The summed E-state index contributed by atoms with van der Waals surface area (Å²) in [6, 6.07) is 82.1. The Hall–Kier alpha value is -8.60. The number of pyridine rings is 1. The molecule has 0 bridgehead atoms. The van der Waals surface area contributed by atoms with Crippen LogP contribution in [0.15, 0.2) is 231 Å². The van der Waals surface area contributed by atoms with Crippen LogP contribution in [0.25, 0.3) is 101 Å². The van der Waals surface area contributed by atoms with Crippen molar-refractivity contribution in [3.63, 3.8) is 0 Å². The van der Waals surface area contributed by atoms with Crippen molar-refractivity contribution in [1.29, 1.82) is 0 Å². The zero-order chi connectivity index (χ0) is 42.9. The van der Waals surface area contributed by atoms with Gasteiger partial charge in [0.05, 0.1) is 16.6 Å². The lowest BCUT2D eigenvalue weighted by atomic mass is 9.70. The Balaban J connectivity index is 1.01. The third-order valence-corrected chi connectivity index (χ3v) is 13.3. The van der Waals surface area contributed by atoms with Crippen LogP contribution in [-0.2, 0) is 5.41 Å². The second kappa shape index (κ2) is 14.8. The zero-order valence-electron chi connectivity index (χ0n) is 35.2. The molecule has 2 aliphatic carbocycles. The lowest BCUT2D eigenvalue weighted by Gasteiger charge is -2.30. The van der Waals surface area contributed by atoms with Crippen LogP contribution >= 0.6 is 0 Å². The third-order valence-electron chi connectivity index (χ3n) is 13.3. The highest BCUT2D eigenvalue weighted by atomic mass is 15.0. The van der Waals surface area contributed by atoms with E-state index in [1.807, 2.05) is 36.4 Å². The lowest BCUT2D eigenvalue weighted by molar-refractivity contribution is 0.794. The van der Waals surface area contributed by atoms with Gasteiger partial charge in [0.1, 0.15) is 0 Å². The molecule has 0 N–H and O–H groups in total. The summed E-state index contributed by atoms with van der Waals surface area (Å²) in [6.45, 7) is 0. The highest BCUT2D eigenvalue weighted by Gasteiger charge is 2.51. The molecule has 11 aromatic rings. The molecule has 13 rings (SSSR count). The van der Waals surface area contributed by atoms with Crippen molar-refractivity contribution < 1.29 is 0 Å². The van der Waals surface area contributed by atoms with Gasteiger partial charge in [0.2, 0.25) is 0 Å². The molecule has 9 aromatic carbocycles. The van der Waals surface area contributed by atoms with Gasteiger partial charge in [-0.3, -0.25) is 0 Å². The number of benzene rings is 9. The molecule has 4 heteroatoms. The van der Waals surface area contributed by atoms with E-state index in [1.54, 1.807) is 0 Å². The molecule has 0 fully saturated rings. The van der Waals surface area contributed by atoms with Crippen LogP contribution in [0.3, 0.4) is 0 Å². The van der Waals surface area contributed by atoms with E-state index in [0.717, 1.165) is 61.1 Å². The smallest absolute Gasteiger partial charge is 0.164 e. The van der Waals surface area contributed by atoms with Crippen molar-refractivity contribution in [3.05, 3.63) is 253 Å². The van der Waals surface area contributed by atoms with Crippen LogP contribution in [-0.4, -0.2) is 19.9 Å². The maximum absolute atomic E-state index is 5.59. The summed E-state index contributed by atoms with van der Waals surface area (Å²) in [5, 5.41) is 1.12. The Labute approximate surface area is 377 Å². The average Bonchev–Trinajstić information content (AvgIpc) is 3.85. The minimum Gasteiger partial charge on any atom is -0.248 e. The quantitative estimate of drug-likeness (QED) is 0.168. The van der Waals surface area contributed by atoms with E-state index >= 15 is 0 Å². The Kier molecular flexibility index (Phi) is 8.40. The first-order chi connectivity index (χ1) is 32.2. The maximum atomic E-state index is 5.59. The number of aromatic nitrogens is 4. The molecule has 0 saturated carbocycles. The van der Waals surface area contributed by atoms with Crippen LogP contribution in [0.4, 0.5) is 0 Å². The van der Waals surface area contributed by atoms with Gasteiger partial charge in [0.15, 0.2) is 17.5 Å². The fourth-order valence-corrected chi connectivity index (χ4v) is 10.5. The molecule has 0 atom stereocenters. The molecule has 0 radical (unpaired) electrons. The topological polar surface area (TPSA) is 51.6 Å². The first-order valence-corrected chi connectivity index (χ1v) is 22.1. The summed E-state index contributed by atoms with van der Waals surface area (Å²) >= 11 is 0. The fraction of sp³-hybridized carbons (Fsp3) is 0.0164. The van der Waals surface area contributed by atoms with E-state index in [0.29, 0.717) is 17.5 Å². The molecule has 0 amide bonds. The second-order valence-corrected chi connectivity index (χ2v) is 16.9. The molecule has 2 heterocycles. The highest BCUT2D eigenvalue weighted by Crippen LogP contribution is 2.63. The van der Waals surface area contributed by atoms with E-state index in [1.165, 1.54) is 44.5 Å². The molecule has 1 spiro atoms. The van der Waals surface area contributed by atoms with E-state index in [-0.39, 0.29) is 0 Å². The number of hydrogen-bond donors (Lipinski definition) is 0. The fourth-order valence-electron chi connectivity index (χ4n) is 10.5. The van der Waals surface area contributed by atoms with Gasteiger partial charge >= 0.3 is 0 Å². The van der Waals surface area contributed by atoms with Crippen molar-refractivity contribution in [2.24, 2.45) is 0 Å². The van der Waals surface area contributed by atoms with Gasteiger partial charge in [-0.1, -0.05) is 200 Å². The molecule has 2 aliphatic rings.